The van der Waals surface area contributed by atoms with Gasteiger partial charge in [-0.2, -0.15) is 0 Å². The molecule has 1 aromatic carbocycles. The zero-order valence-corrected chi connectivity index (χ0v) is 8.70. The second-order valence-corrected chi connectivity index (χ2v) is 2.92. The van der Waals surface area contributed by atoms with Crippen molar-refractivity contribution >= 4 is 5.97 Å². The summed E-state index contributed by atoms with van der Waals surface area (Å²) in [6.07, 6.45) is 0. The third-order valence-corrected chi connectivity index (χ3v) is 1.88. The second kappa shape index (κ2) is 5.06. The van der Waals surface area contributed by atoms with Crippen LogP contribution in [0.1, 0.15) is 18.1 Å². The zero-order valence-electron chi connectivity index (χ0n) is 8.70. The molecule has 0 bridgehead atoms. The summed E-state index contributed by atoms with van der Waals surface area (Å²) in [6.45, 7) is 3.77. The molecule has 0 radical (unpaired) electrons. The Balaban J connectivity index is 2.89. The number of carbonyl (C=O) groups is 1. The highest BCUT2D eigenvalue weighted by Crippen LogP contribution is 2.18. The highest BCUT2D eigenvalue weighted by molar-refractivity contribution is 5.89. The quantitative estimate of drug-likeness (QED) is 0.558. The van der Waals surface area contributed by atoms with E-state index in [1.807, 2.05) is 0 Å². The molecule has 0 saturated carbocycles. The molecule has 0 unspecified atom stereocenters. The summed E-state index contributed by atoms with van der Waals surface area (Å²) in [7, 11) is 0. The van der Waals surface area contributed by atoms with Crippen LogP contribution in [0.3, 0.4) is 0 Å². The number of aromatic hydroxyl groups is 1. The van der Waals surface area contributed by atoms with E-state index in [-0.39, 0.29) is 5.75 Å². The van der Waals surface area contributed by atoms with Crippen LogP contribution in [0.4, 0.5) is 0 Å². The van der Waals surface area contributed by atoms with Gasteiger partial charge in [-0.25, -0.2) is 4.79 Å². The number of phenols is 1. The molecule has 0 fully saturated rings. The molecule has 1 N–H and O–H groups in total. The number of carbonyl (C=O) groups excluding carboxylic acids is 1. The van der Waals surface area contributed by atoms with Gasteiger partial charge in [0.25, 0.3) is 0 Å². The van der Waals surface area contributed by atoms with Gasteiger partial charge < -0.3 is 9.84 Å². The summed E-state index contributed by atoms with van der Waals surface area (Å²) in [5.41, 5.74) is 1.29. The Morgan fingerprint density at radius 2 is 2.27 bits per heavy atom. The Hall–Kier alpha value is -1.95. The highest BCUT2D eigenvalue weighted by atomic mass is 16.5. The van der Waals surface area contributed by atoms with E-state index in [2.05, 4.69) is 16.6 Å². The van der Waals surface area contributed by atoms with Gasteiger partial charge in [-0.3, -0.25) is 0 Å². The van der Waals surface area contributed by atoms with Crippen LogP contribution in [0.25, 0.3) is 0 Å². The molecule has 0 aliphatic carbocycles. The smallest absolute Gasteiger partial charge is 0.384 e. The summed E-state index contributed by atoms with van der Waals surface area (Å²) in [6, 6.07) is 4.99. The van der Waals surface area contributed by atoms with Crippen LogP contribution in [0.15, 0.2) is 18.2 Å². The second-order valence-electron chi connectivity index (χ2n) is 2.92. The van der Waals surface area contributed by atoms with Crippen molar-refractivity contribution in [3.05, 3.63) is 29.3 Å². The molecule has 0 aromatic heterocycles. The number of ether oxygens (including phenoxy) is 1. The molecular weight excluding hydrogens is 192 g/mol. The van der Waals surface area contributed by atoms with Crippen LogP contribution < -0.4 is 0 Å². The number of rotatable bonds is 1. The molecule has 1 rings (SSSR count). The molecule has 3 heteroatoms. The topological polar surface area (TPSA) is 46.5 Å². The Morgan fingerprint density at radius 1 is 1.53 bits per heavy atom. The summed E-state index contributed by atoms with van der Waals surface area (Å²) in [5, 5.41) is 9.38. The molecule has 0 spiro atoms. The van der Waals surface area contributed by atoms with Gasteiger partial charge in [0, 0.05) is 17.0 Å². The van der Waals surface area contributed by atoms with Crippen molar-refractivity contribution in [3.63, 3.8) is 0 Å². The van der Waals surface area contributed by atoms with E-state index in [4.69, 9.17) is 0 Å². The molecule has 0 aliphatic heterocycles. The maximum Gasteiger partial charge on any atom is 0.384 e. The molecule has 15 heavy (non-hydrogen) atoms. The molecular formula is C12H12O3. The molecule has 0 aliphatic rings. The van der Waals surface area contributed by atoms with E-state index in [1.165, 1.54) is 0 Å². The maximum absolute atomic E-state index is 11.0. The number of esters is 1. The van der Waals surface area contributed by atoms with E-state index in [0.29, 0.717) is 17.7 Å². The molecule has 78 valence electrons. The third-order valence-electron chi connectivity index (χ3n) is 1.88. The normalized spacial score (nSPS) is 8.93. The zero-order chi connectivity index (χ0) is 11.3. The standard InChI is InChI=1S/C12H12O3/c1-3-15-12(14)8-7-10-5-4-6-11(13)9(10)2/h4-6,13H,3H2,1-2H3. The maximum atomic E-state index is 11.0. The van der Waals surface area contributed by atoms with E-state index in [9.17, 15) is 9.90 Å². The van der Waals surface area contributed by atoms with Crippen molar-refractivity contribution < 1.29 is 14.6 Å². The van der Waals surface area contributed by atoms with Crippen LogP contribution >= 0.6 is 0 Å². The van der Waals surface area contributed by atoms with Gasteiger partial charge in [0.2, 0.25) is 0 Å². The Morgan fingerprint density at radius 3 is 2.93 bits per heavy atom. The Kier molecular flexibility index (Phi) is 3.75. The van der Waals surface area contributed by atoms with E-state index in [1.54, 1.807) is 32.0 Å². The molecule has 0 saturated heterocycles. The minimum Gasteiger partial charge on any atom is -0.508 e. The lowest BCUT2D eigenvalue weighted by Crippen LogP contribution is -1.99. The third kappa shape index (κ3) is 3.03. The van der Waals surface area contributed by atoms with Crippen molar-refractivity contribution in [1.82, 2.24) is 0 Å². The minimum absolute atomic E-state index is 0.172. The van der Waals surface area contributed by atoms with Crippen molar-refractivity contribution in [1.29, 1.82) is 0 Å². The van der Waals surface area contributed by atoms with Gasteiger partial charge in [0.15, 0.2) is 0 Å². The van der Waals surface area contributed by atoms with Gasteiger partial charge in [0.1, 0.15) is 5.75 Å². The van der Waals surface area contributed by atoms with E-state index >= 15 is 0 Å². The SMILES string of the molecule is CCOC(=O)C#Cc1cccc(O)c1C. The van der Waals surface area contributed by atoms with Crippen LogP contribution in [-0.4, -0.2) is 17.7 Å². The fourth-order valence-corrected chi connectivity index (χ4v) is 1.04. The molecule has 0 atom stereocenters. The Bertz CT molecular complexity index is 424. The molecule has 3 nitrogen and oxygen atoms in total. The lowest BCUT2D eigenvalue weighted by molar-refractivity contribution is -0.136. The van der Waals surface area contributed by atoms with Crippen molar-refractivity contribution in [2.45, 2.75) is 13.8 Å². The molecule has 1 aromatic rings. The van der Waals surface area contributed by atoms with Crippen LogP contribution in [0.2, 0.25) is 0 Å². The molecule has 0 heterocycles. The van der Waals surface area contributed by atoms with Gasteiger partial charge >= 0.3 is 5.97 Å². The number of hydrogen-bond donors (Lipinski definition) is 1. The Labute approximate surface area is 88.7 Å². The first-order valence-corrected chi connectivity index (χ1v) is 4.62. The van der Waals surface area contributed by atoms with Crippen LogP contribution in [0, 0.1) is 18.8 Å². The van der Waals surface area contributed by atoms with Crippen molar-refractivity contribution in [2.24, 2.45) is 0 Å². The summed E-state index contributed by atoms with van der Waals surface area (Å²) in [4.78, 5) is 11.0. The number of benzene rings is 1. The highest BCUT2D eigenvalue weighted by Gasteiger charge is 1.99. The summed E-state index contributed by atoms with van der Waals surface area (Å²) >= 11 is 0. The fraction of sp³-hybridized carbons (Fsp3) is 0.250. The summed E-state index contributed by atoms with van der Waals surface area (Å²) < 4.78 is 4.66. The fourth-order valence-electron chi connectivity index (χ4n) is 1.04. The number of hydrogen-bond acceptors (Lipinski definition) is 3. The van der Waals surface area contributed by atoms with Crippen molar-refractivity contribution in [2.75, 3.05) is 6.61 Å². The van der Waals surface area contributed by atoms with Crippen LogP contribution in [-0.2, 0) is 9.53 Å². The predicted octanol–water partition coefficient (Wildman–Crippen LogP) is 1.62. The largest absolute Gasteiger partial charge is 0.508 e. The van der Waals surface area contributed by atoms with Crippen molar-refractivity contribution in [3.8, 4) is 17.6 Å². The monoisotopic (exact) mass is 204 g/mol. The first-order chi connectivity index (χ1) is 7.15. The molecule has 0 amide bonds. The van der Waals surface area contributed by atoms with Gasteiger partial charge in [-0.05, 0) is 26.0 Å². The predicted molar refractivity (Wildman–Crippen MR) is 56.4 cm³/mol. The average Bonchev–Trinajstić information content (AvgIpc) is 2.21. The van der Waals surface area contributed by atoms with Gasteiger partial charge in [-0.1, -0.05) is 12.0 Å². The lowest BCUT2D eigenvalue weighted by atomic mass is 10.1. The average molecular weight is 204 g/mol. The summed E-state index contributed by atoms with van der Waals surface area (Å²) in [5.74, 6) is 4.62. The van der Waals surface area contributed by atoms with Gasteiger partial charge in [-0.15, -0.1) is 0 Å². The van der Waals surface area contributed by atoms with E-state index < -0.39 is 5.97 Å². The van der Waals surface area contributed by atoms with Crippen LogP contribution in [0.5, 0.6) is 5.75 Å². The van der Waals surface area contributed by atoms with E-state index in [0.717, 1.165) is 0 Å². The first-order valence-electron chi connectivity index (χ1n) is 4.62. The minimum atomic E-state index is -0.555. The number of phenolic OH excluding ortho intramolecular Hbond substituents is 1. The van der Waals surface area contributed by atoms with Gasteiger partial charge in [0.05, 0.1) is 6.61 Å². The first kappa shape index (κ1) is 11.1. The lowest BCUT2D eigenvalue weighted by Gasteiger charge is -1.99.